The number of phosphoric acid groups is 2. The van der Waals surface area contributed by atoms with E-state index in [2.05, 4.69) is 101 Å². The van der Waals surface area contributed by atoms with Gasteiger partial charge in [-0.1, -0.05) is 306 Å². The van der Waals surface area contributed by atoms with E-state index in [-0.39, 0.29) is 25.7 Å². The van der Waals surface area contributed by atoms with Gasteiger partial charge >= 0.3 is 39.5 Å². The number of carbonyl (C=O) groups excluding carboxylic acids is 4. The van der Waals surface area contributed by atoms with Crippen LogP contribution in [0.4, 0.5) is 0 Å². The molecule has 0 aromatic heterocycles. The lowest BCUT2D eigenvalue weighted by atomic mass is 10.0. The third-order valence-electron chi connectivity index (χ3n) is 16.7. The summed E-state index contributed by atoms with van der Waals surface area (Å²) in [6.45, 7) is 4.71. The highest BCUT2D eigenvalue weighted by atomic mass is 31.2. The number of ether oxygens (including phenoxy) is 4. The molecule has 0 aromatic rings. The molecule has 0 saturated carbocycles. The lowest BCUT2D eigenvalue weighted by Crippen LogP contribution is -2.30. The molecule has 0 rings (SSSR count). The summed E-state index contributed by atoms with van der Waals surface area (Å²) in [5.74, 6) is -2.19. The van der Waals surface area contributed by atoms with Crippen LogP contribution in [0.3, 0.4) is 0 Å². The van der Waals surface area contributed by atoms with Crippen molar-refractivity contribution in [2.45, 2.75) is 367 Å². The molecule has 0 heterocycles. The predicted octanol–water partition coefficient (Wildman–Crippen LogP) is 22.4. The molecule has 0 bridgehead atoms. The molecule has 0 aliphatic rings. The second-order valence-electron chi connectivity index (χ2n) is 26.3. The third-order valence-corrected chi connectivity index (χ3v) is 18.6. The number of hydrogen-bond acceptors (Lipinski definition) is 15. The van der Waals surface area contributed by atoms with Crippen LogP contribution in [0, 0.1) is 0 Å². The van der Waals surface area contributed by atoms with Gasteiger partial charge in [-0.25, -0.2) is 9.13 Å². The fourth-order valence-corrected chi connectivity index (χ4v) is 12.3. The zero-order valence-electron chi connectivity index (χ0n) is 62.2. The Kier molecular flexibility index (Phi) is 69.3. The number of unbranched alkanes of at least 4 members (excludes halogenated alkanes) is 36. The second-order valence-corrected chi connectivity index (χ2v) is 29.2. The van der Waals surface area contributed by atoms with Gasteiger partial charge in [-0.3, -0.25) is 37.3 Å². The fourth-order valence-electron chi connectivity index (χ4n) is 10.7. The summed E-state index contributed by atoms with van der Waals surface area (Å²) in [6, 6.07) is 0. The number of aliphatic hydroxyl groups is 1. The summed E-state index contributed by atoms with van der Waals surface area (Å²) < 4.78 is 68.5. The highest BCUT2D eigenvalue weighted by molar-refractivity contribution is 7.47. The monoisotopic (exact) mass is 1420 g/mol. The number of carbonyl (C=O) groups is 4. The maximum atomic E-state index is 13.1. The highest BCUT2D eigenvalue weighted by Crippen LogP contribution is 2.45. The Hall–Kier alpha value is -3.50. The molecule has 0 spiro atoms. The number of phosphoric ester groups is 2. The molecule has 5 unspecified atom stereocenters. The summed E-state index contributed by atoms with van der Waals surface area (Å²) in [7, 11) is -9.95. The van der Waals surface area contributed by atoms with Crippen LogP contribution in [0.2, 0.25) is 0 Å². The summed E-state index contributed by atoms with van der Waals surface area (Å²) in [6.07, 6.45) is 71.7. The Labute approximate surface area is 596 Å². The first-order valence-electron chi connectivity index (χ1n) is 39.2. The van der Waals surface area contributed by atoms with Gasteiger partial charge in [0.25, 0.3) is 0 Å². The van der Waals surface area contributed by atoms with Gasteiger partial charge in [0.1, 0.15) is 19.3 Å². The maximum Gasteiger partial charge on any atom is 0.472 e. The molecule has 0 fully saturated rings. The molecule has 17 nitrogen and oxygen atoms in total. The van der Waals surface area contributed by atoms with Crippen molar-refractivity contribution in [2.24, 2.45) is 0 Å². The Morgan fingerprint density at radius 2 is 0.551 bits per heavy atom. The Bertz CT molecular complexity index is 2140. The topological polar surface area (TPSA) is 237 Å². The van der Waals surface area contributed by atoms with Gasteiger partial charge in [0.2, 0.25) is 0 Å². The van der Waals surface area contributed by atoms with Gasteiger partial charge in [-0.2, -0.15) is 0 Å². The summed E-state index contributed by atoms with van der Waals surface area (Å²) in [4.78, 5) is 72.9. The Balaban J connectivity index is 5.33. The van der Waals surface area contributed by atoms with Gasteiger partial charge in [0, 0.05) is 25.7 Å². The molecule has 0 aromatic carbocycles. The normalized spacial score (nSPS) is 14.3. The summed E-state index contributed by atoms with van der Waals surface area (Å²) in [5, 5.41) is 10.6. The Morgan fingerprint density at radius 1 is 0.296 bits per heavy atom. The molecule has 0 saturated heterocycles. The van der Waals surface area contributed by atoms with E-state index < -0.39 is 97.5 Å². The maximum absolute atomic E-state index is 13.1. The third kappa shape index (κ3) is 70.9. The molecule has 0 aliphatic carbocycles. The smallest absolute Gasteiger partial charge is 0.462 e. The van der Waals surface area contributed by atoms with E-state index in [0.717, 1.165) is 148 Å². The van der Waals surface area contributed by atoms with Gasteiger partial charge in [0.15, 0.2) is 12.2 Å². The van der Waals surface area contributed by atoms with Crippen LogP contribution in [0.25, 0.3) is 0 Å². The molecular weight excluding hydrogens is 1280 g/mol. The largest absolute Gasteiger partial charge is 0.472 e. The number of hydrogen-bond donors (Lipinski definition) is 3. The van der Waals surface area contributed by atoms with Crippen molar-refractivity contribution in [1.29, 1.82) is 0 Å². The van der Waals surface area contributed by atoms with E-state index in [1.807, 2.05) is 0 Å². The predicted molar refractivity (Wildman–Crippen MR) is 400 cm³/mol. The summed E-state index contributed by atoms with van der Waals surface area (Å²) >= 11 is 0. The van der Waals surface area contributed by atoms with Gasteiger partial charge in [0.05, 0.1) is 26.4 Å². The average Bonchev–Trinajstić information content (AvgIpc) is 0.969. The first-order chi connectivity index (χ1) is 47.7. The van der Waals surface area contributed by atoms with Crippen molar-refractivity contribution >= 4 is 39.5 Å². The van der Waals surface area contributed by atoms with E-state index in [9.17, 15) is 43.2 Å². The number of rotatable bonds is 74. The van der Waals surface area contributed by atoms with Crippen molar-refractivity contribution in [3.05, 3.63) is 72.9 Å². The van der Waals surface area contributed by atoms with E-state index in [1.165, 1.54) is 122 Å². The lowest BCUT2D eigenvalue weighted by Gasteiger charge is -2.21. The first kappa shape index (κ1) is 94.5. The van der Waals surface area contributed by atoms with Crippen LogP contribution < -0.4 is 0 Å². The van der Waals surface area contributed by atoms with Crippen LogP contribution >= 0.6 is 15.6 Å². The highest BCUT2D eigenvalue weighted by Gasteiger charge is 2.30. The molecule has 570 valence electrons. The van der Waals surface area contributed by atoms with Crippen LogP contribution in [0.1, 0.15) is 349 Å². The number of aliphatic hydroxyl groups excluding tert-OH is 1. The molecule has 0 radical (unpaired) electrons. The first-order valence-corrected chi connectivity index (χ1v) is 42.2. The number of allylic oxidation sites excluding steroid dienone is 12. The van der Waals surface area contributed by atoms with Crippen LogP contribution in [0.5, 0.6) is 0 Å². The Morgan fingerprint density at radius 3 is 0.857 bits per heavy atom. The van der Waals surface area contributed by atoms with E-state index >= 15 is 0 Å². The van der Waals surface area contributed by atoms with Crippen molar-refractivity contribution in [2.75, 3.05) is 39.6 Å². The second kappa shape index (κ2) is 71.9. The van der Waals surface area contributed by atoms with Crippen molar-refractivity contribution in [3.63, 3.8) is 0 Å². The molecule has 5 atom stereocenters. The standard InChI is InChI=1S/C79H142O17P2/c1-5-9-13-17-21-25-29-33-35-36-38-42-44-48-52-56-60-64-77(82)90-70-75(96-79(84)66-62-58-54-50-46-40-32-28-24-20-16-12-8-4)72-94-98(87,88)92-68-73(80)67-91-97(85,86)93-71-74(95-78(83)65-61-57-53-49-45-39-31-27-23-19-15-11-7-3)69-89-76(81)63-59-55-51-47-43-41-37-34-30-26-22-18-14-10-6-2/h9,13,15,19,21,25,27,31,33,35,38,42,73-75,80H,5-8,10-12,14,16-18,20,22-24,26,28-30,32,34,36-37,39-41,43-72H2,1-4H3,(H,85,86)(H,87,88)/b13-9-,19-15-,25-21-,31-27-,35-33-,42-38-. The van der Waals surface area contributed by atoms with Crippen LogP contribution in [0.15, 0.2) is 72.9 Å². The van der Waals surface area contributed by atoms with Gasteiger partial charge in [-0.05, 0) is 89.9 Å². The minimum absolute atomic E-state index is 0.0829. The molecule has 19 heteroatoms. The lowest BCUT2D eigenvalue weighted by molar-refractivity contribution is -0.161. The minimum Gasteiger partial charge on any atom is -0.462 e. The van der Waals surface area contributed by atoms with E-state index in [0.29, 0.717) is 25.7 Å². The fraction of sp³-hybridized carbons (Fsp3) is 0.797. The molecule has 0 amide bonds. The molecular formula is C79H142O17P2. The van der Waals surface area contributed by atoms with E-state index in [1.54, 1.807) is 0 Å². The molecule has 98 heavy (non-hydrogen) atoms. The zero-order valence-corrected chi connectivity index (χ0v) is 64.0. The number of esters is 4. The molecule has 0 aliphatic heterocycles. The van der Waals surface area contributed by atoms with Crippen molar-refractivity contribution < 1.29 is 80.2 Å². The van der Waals surface area contributed by atoms with Gasteiger partial charge < -0.3 is 33.8 Å². The van der Waals surface area contributed by atoms with Crippen molar-refractivity contribution in [3.8, 4) is 0 Å². The van der Waals surface area contributed by atoms with E-state index in [4.69, 9.17) is 37.0 Å². The van der Waals surface area contributed by atoms with Crippen LogP contribution in [-0.2, 0) is 65.4 Å². The van der Waals surface area contributed by atoms with Crippen molar-refractivity contribution in [1.82, 2.24) is 0 Å². The quantitative estimate of drug-likeness (QED) is 0.0169. The minimum atomic E-state index is -4.97. The molecule has 3 N–H and O–H groups in total. The summed E-state index contributed by atoms with van der Waals surface area (Å²) in [5.41, 5.74) is 0. The zero-order chi connectivity index (χ0) is 71.8. The average molecular weight is 1430 g/mol. The van der Waals surface area contributed by atoms with Gasteiger partial charge in [-0.15, -0.1) is 0 Å². The van der Waals surface area contributed by atoms with Crippen LogP contribution in [-0.4, -0.2) is 96.7 Å². The SMILES string of the molecule is CC/C=C\C/C=C\C/C=C\C/C=C\CCCCCCC(=O)OCC(COP(=O)(O)OCC(O)COP(=O)(O)OCC(COC(=O)CCCCCCCCCCCCCCCCC)OC(=O)CCCCCCC/C=C\C/C=C\CCC)OC(=O)CCCCCCCCCCCCCCC.